The Morgan fingerprint density at radius 1 is 1.30 bits per heavy atom. The van der Waals surface area contributed by atoms with E-state index in [2.05, 4.69) is 10.3 Å². The molecule has 0 unspecified atom stereocenters. The van der Waals surface area contributed by atoms with Gasteiger partial charge < -0.3 is 10.1 Å². The summed E-state index contributed by atoms with van der Waals surface area (Å²) in [6.07, 6.45) is 3.59. The lowest BCUT2D eigenvalue weighted by atomic mass is 10.2. The molecule has 0 fully saturated rings. The first-order valence-electron chi connectivity index (χ1n) is 6.14. The molecule has 1 N–H and O–H groups in total. The molecule has 4 nitrogen and oxygen atoms in total. The zero-order valence-electron chi connectivity index (χ0n) is 11.4. The number of carbonyl (C=O) groups excluding carboxylic acids is 1. The number of benzene rings is 1. The van der Waals surface area contributed by atoms with Gasteiger partial charge in [-0.3, -0.25) is 4.79 Å². The highest BCUT2D eigenvalue weighted by atomic mass is 32.2. The van der Waals surface area contributed by atoms with Crippen LogP contribution >= 0.6 is 11.8 Å². The molecule has 0 radical (unpaired) electrons. The standard InChI is InChI=1S/C15H16N2O2S/c1-19-12-7-5-11(6-8-12)10-17-14(18)13-4-3-9-16-15(13)20-2/h3-9H,10H2,1-2H3,(H,17,18). The van der Waals surface area contributed by atoms with Gasteiger partial charge in [-0.2, -0.15) is 0 Å². The number of pyridine rings is 1. The molecule has 1 aromatic heterocycles. The van der Waals surface area contributed by atoms with Crippen LogP contribution in [0.5, 0.6) is 5.75 Å². The van der Waals surface area contributed by atoms with Gasteiger partial charge in [0.2, 0.25) is 0 Å². The van der Waals surface area contributed by atoms with Gasteiger partial charge in [-0.1, -0.05) is 12.1 Å². The van der Waals surface area contributed by atoms with Crippen molar-refractivity contribution in [1.82, 2.24) is 10.3 Å². The quantitative estimate of drug-likeness (QED) is 0.860. The van der Waals surface area contributed by atoms with E-state index in [1.165, 1.54) is 11.8 Å². The van der Waals surface area contributed by atoms with Crippen LogP contribution in [0.4, 0.5) is 0 Å². The first kappa shape index (κ1) is 14.4. The summed E-state index contributed by atoms with van der Waals surface area (Å²) in [4.78, 5) is 16.3. The largest absolute Gasteiger partial charge is 0.497 e. The molecule has 2 rings (SSSR count). The number of amides is 1. The SMILES string of the molecule is COc1ccc(CNC(=O)c2cccnc2SC)cc1. The van der Waals surface area contributed by atoms with Crippen LogP contribution in [0.2, 0.25) is 0 Å². The fourth-order valence-corrected chi connectivity index (χ4v) is 2.29. The summed E-state index contributed by atoms with van der Waals surface area (Å²) in [5, 5.41) is 3.63. The van der Waals surface area contributed by atoms with Crippen LogP contribution < -0.4 is 10.1 Å². The molecule has 0 bridgehead atoms. The van der Waals surface area contributed by atoms with Crippen LogP contribution in [0.1, 0.15) is 15.9 Å². The maximum Gasteiger partial charge on any atom is 0.254 e. The van der Waals surface area contributed by atoms with Gasteiger partial charge in [-0.15, -0.1) is 11.8 Å². The Kier molecular flexibility index (Phi) is 5.01. The van der Waals surface area contributed by atoms with Crippen molar-refractivity contribution in [1.29, 1.82) is 0 Å². The number of aromatic nitrogens is 1. The molecule has 5 heteroatoms. The average molecular weight is 288 g/mol. The van der Waals surface area contributed by atoms with Gasteiger partial charge in [0.05, 0.1) is 12.7 Å². The molecule has 0 aliphatic rings. The molecule has 0 aliphatic heterocycles. The zero-order chi connectivity index (χ0) is 14.4. The van der Waals surface area contributed by atoms with Crippen LogP contribution in [-0.4, -0.2) is 24.3 Å². The van der Waals surface area contributed by atoms with Crippen LogP contribution in [0.25, 0.3) is 0 Å². The number of nitrogens with zero attached hydrogens (tertiary/aromatic N) is 1. The van der Waals surface area contributed by atoms with Crippen molar-refractivity contribution >= 4 is 17.7 Å². The second-order valence-corrected chi connectivity index (χ2v) is 4.89. The molecule has 0 saturated heterocycles. The third kappa shape index (κ3) is 3.51. The Hall–Kier alpha value is -2.01. The van der Waals surface area contributed by atoms with Gasteiger partial charge in [0.25, 0.3) is 5.91 Å². The number of thioether (sulfide) groups is 1. The number of rotatable bonds is 5. The third-order valence-corrected chi connectivity index (χ3v) is 3.53. The predicted molar refractivity (Wildman–Crippen MR) is 80.2 cm³/mol. The van der Waals surface area contributed by atoms with E-state index in [1.807, 2.05) is 30.5 Å². The molecular formula is C15H16N2O2S. The number of nitrogens with one attached hydrogen (secondary N) is 1. The van der Waals surface area contributed by atoms with Crippen molar-refractivity contribution in [2.24, 2.45) is 0 Å². The van der Waals surface area contributed by atoms with E-state index >= 15 is 0 Å². The Bertz CT molecular complexity index is 585. The average Bonchev–Trinajstić information content (AvgIpc) is 2.53. The number of ether oxygens (including phenoxy) is 1. The first-order chi connectivity index (χ1) is 9.74. The smallest absolute Gasteiger partial charge is 0.254 e. The molecule has 104 valence electrons. The van der Waals surface area contributed by atoms with Crippen molar-refractivity contribution in [2.45, 2.75) is 11.6 Å². The van der Waals surface area contributed by atoms with Crippen molar-refractivity contribution < 1.29 is 9.53 Å². The van der Waals surface area contributed by atoms with Crippen LogP contribution in [0.3, 0.4) is 0 Å². The highest BCUT2D eigenvalue weighted by molar-refractivity contribution is 7.98. The highest BCUT2D eigenvalue weighted by Crippen LogP contribution is 2.17. The van der Waals surface area contributed by atoms with E-state index < -0.39 is 0 Å². The van der Waals surface area contributed by atoms with Crippen LogP contribution in [0, 0.1) is 0 Å². The van der Waals surface area contributed by atoms with Crippen molar-refractivity contribution in [2.75, 3.05) is 13.4 Å². The minimum absolute atomic E-state index is 0.113. The number of hydrogen-bond acceptors (Lipinski definition) is 4. The fraction of sp³-hybridized carbons (Fsp3) is 0.200. The van der Waals surface area contributed by atoms with Gasteiger partial charge in [0.1, 0.15) is 10.8 Å². The van der Waals surface area contributed by atoms with Gasteiger partial charge in [-0.05, 0) is 36.1 Å². The Morgan fingerprint density at radius 3 is 2.70 bits per heavy atom. The molecule has 0 aliphatic carbocycles. The second kappa shape index (κ2) is 6.96. The van der Waals surface area contributed by atoms with E-state index in [4.69, 9.17) is 4.74 Å². The summed E-state index contributed by atoms with van der Waals surface area (Å²) >= 11 is 1.46. The normalized spacial score (nSPS) is 10.1. The van der Waals surface area contributed by atoms with Crippen LogP contribution in [-0.2, 0) is 6.54 Å². The lowest BCUT2D eigenvalue weighted by Gasteiger charge is -2.08. The van der Waals surface area contributed by atoms with Crippen molar-refractivity contribution in [3.8, 4) is 5.75 Å². The molecule has 0 saturated carbocycles. The van der Waals surface area contributed by atoms with E-state index in [-0.39, 0.29) is 5.91 Å². The van der Waals surface area contributed by atoms with Crippen molar-refractivity contribution in [3.05, 3.63) is 53.7 Å². The van der Waals surface area contributed by atoms with Gasteiger partial charge in [0, 0.05) is 12.7 Å². The molecule has 2 aromatic rings. The number of carbonyl (C=O) groups is 1. The number of methoxy groups -OCH3 is 1. The Balaban J connectivity index is 2.01. The lowest BCUT2D eigenvalue weighted by Crippen LogP contribution is -2.23. The topological polar surface area (TPSA) is 51.2 Å². The summed E-state index contributed by atoms with van der Waals surface area (Å²) in [5.41, 5.74) is 1.63. The maximum atomic E-state index is 12.1. The summed E-state index contributed by atoms with van der Waals surface area (Å²) in [6.45, 7) is 0.478. The van der Waals surface area contributed by atoms with Gasteiger partial charge in [-0.25, -0.2) is 4.98 Å². The highest BCUT2D eigenvalue weighted by Gasteiger charge is 2.10. The molecule has 1 heterocycles. The molecule has 20 heavy (non-hydrogen) atoms. The van der Waals surface area contributed by atoms with E-state index in [1.54, 1.807) is 25.4 Å². The molecule has 0 spiro atoms. The van der Waals surface area contributed by atoms with Gasteiger partial charge in [0.15, 0.2) is 0 Å². The summed E-state index contributed by atoms with van der Waals surface area (Å²) in [5.74, 6) is 0.690. The Labute approximate surface area is 122 Å². The van der Waals surface area contributed by atoms with E-state index in [9.17, 15) is 4.79 Å². The lowest BCUT2D eigenvalue weighted by molar-refractivity contribution is 0.0947. The first-order valence-corrected chi connectivity index (χ1v) is 7.37. The predicted octanol–water partition coefficient (Wildman–Crippen LogP) is 2.74. The fourth-order valence-electron chi connectivity index (χ4n) is 1.75. The molecule has 1 aromatic carbocycles. The minimum Gasteiger partial charge on any atom is -0.497 e. The maximum absolute atomic E-state index is 12.1. The van der Waals surface area contributed by atoms with E-state index in [0.29, 0.717) is 12.1 Å². The zero-order valence-corrected chi connectivity index (χ0v) is 12.2. The summed E-state index contributed by atoms with van der Waals surface area (Å²) < 4.78 is 5.10. The third-order valence-electron chi connectivity index (χ3n) is 2.82. The molecule has 0 atom stereocenters. The summed E-state index contributed by atoms with van der Waals surface area (Å²) in [6, 6.07) is 11.2. The molecule has 1 amide bonds. The Morgan fingerprint density at radius 2 is 2.05 bits per heavy atom. The van der Waals surface area contributed by atoms with E-state index in [0.717, 1.165) is 16.3 Å². The van der Waals surface area contributed by atoms with Gasteiger partial charge >= 0.3 is 0 Å². The number of hydrogen-bond donors (Lipinski definition) is 1. The summed E-state index contributed by atoms with van der Waals surface area (Å²) in [7, 11) is 1.63. The van der Waals surface area contributed by atoms with Crippen molar-refractivity contribution in [3.63, 3.8) is 0 Å². The second-order valence-electron chi connectivity index (χ2n) is 4.09. The monoisotopic (exact) mass is 288 g/mol. The minimum atomic E-state index is -0.113. The molecular weight excluding hydrogens is 272 g/mol. The van der Waals surface area contributed by atoms with Crippen LogP contribution in [0.15, 0.2) is 47.6 Å².